The van der Waals surface area contributed by atoms with Gasteiger partial charge in [-0.05, 0) is 52.0 Å². The van der Waals surface area contributed by atoms with E-state index < -0.39 is 0 Å². The molecule has 162 valence electrons. The Hall–Kier alpha value is -1.31. The van der Waals surface area contributed by atoms with Crippen LogP contribution in [0.15, 0.2) is 60.7 Å². The maximum absolute atomic E-state index is 6.22. The smallest absolute Gasteiger partial charge is 0.126 e. The molecule has 4 nitrogen and oxygen atoms in total. The van der Waals surface area contributed by atoms with E-state index in [4.69, 9.17) is 14.2 Å². The molecule has 29 heavy (non-hydrogen) atoms. The molecular formula is C24H36INO3. The van der Waals surface area contributed by atoms with Crippen molar-refractivity contribution in [1.82, 2.24) is 0 Å². The van der Waals surface area contributed by atoms with Gasteiger partial charge in [-0.25, -0.2) is 0 Å². The Morgan fingerprint density at radius 2 is 1.14 bits per heavy atom. The highest BCUT2D eigenvalue weighted by Gasteiger charge is 2.29. The normalized spacial score (nSPS) is 11.6. The van der Waals surface area contributed by atoms with Crippen molar-refractivity contribution in [2.45, 2.75) is 45.9 Å². The van der Waals surface area contributed by atoms with Crippen molar-refractivity contribution in [3.63, 3.8) is 0 Å². The quantitative estimate of drug-likeness (QED) is 0.320. The summed E-state index contributed by atoms with van der Waals surface area (Å²) in [4.78, 5) is 0. The molecule has 0 spiro atoms. The van der Waals surface area contributed by atoms with Crippen LogP contribution in [0.25, 0.3) is 0 Å². The van der Waals surface area contributed by atoms with Crippen LogP contribution in [0.4, 0.5) is 0 Å². The van der Waals surface area contributed by atoms with Gasteiger partial charge in [-0.1, -0.05) is 36.4 Å². The largest absolute Gasteiger partial charge is 1.00 e. The van der Waals surface area contributed by atoms with Gasteiger partial charge >= 0.3 is 0 Å². The van der Waals surface area contributed by atoms with Gasteiger partial charge in [0.05, 0.1) is 25.7 Å². The second-order valence-corrected chi connectivity index (χ2v) is 8.00. The lowest BCUT2D eigenvalue weighted by Crippen LogP contribution is -3.00. The molecule has 2 aromatic carbocycles. The predicted octanol–water partition coefficient (Wildman–Crippen LogP) is 1.80. The summed E-state index contributed by atoms with van der Waals surface area (Å²) in [6.07, 6.45) is -0.131. The summed E-state index contributed by atoms with van der Waals surface area (Å²) in [5.41, 5.74) is 0. The summed E-state index contributed by atoms with van der Waals surface area (Å²) in [5, 5.41) is 0. The first-order valence-corrected chi connectivity index (χ1v) is 10.2. The molecule has 0 N–H and O–H groups in total. The molecule has 0 aromatic heterocycles. The summed E-state index contributed by atoms with van der Waals surface area (Å²) in [7, 11) is 2.30. The Morgan fingerprint density at radius 3 is 1.52 bits per heavy atom. The highest BCUT2D eigenvalue weighted by Crippen LogP contribution is 2.16. The number of rotatable bonds is 12. The van der Waals surface area contributed by atoms with Crippen LogP contribution in [0, 0.1) is 0 Å². The lowest BCUT2D eigenvalue weighted by Gasteiger charge is -2.42. The first-order chi connectivity index (χ1) is 13.4. The van der Waals surface area contributed by atoms with Gasteiger partial charge in [0.1, 0.15) is 37.4 Å². The minimum Gasteiger partial charge on any atom is -1.00 e. The molecule has 0 unspecified atom stereocenters. The predicted molar refractivity (Wildman–Crippen MR) is 115 cm³/mol. The van der Waals surface area contributed by atoms with Gasteiger partial charge in [0, 0.05) is 0 Å². The number of halogens is 1. The van der Waals surface area contributed by atoms with E-state index in [1.807, 2.05) is 60.7 Å². The molecule has 0 aliphatic rings. The SMILES string of the molecule is CC(C)[N+](C)(CCOC(COc1ccccc1)COc1ccccc1)C(C)C.[I-]. The molecule has 0 saturated carbocycles. The van der Waals surface area contributed by atoms with Crippen LogP contribution in [0.2, 0.25) is 0 Å². The number of likely N-dealkylation sites (N-methyl/N-ethyl adjacent to an activating group) is 1. The molecule has 0 heterocycles. The average molecular weight is 513 g/mol. The number of hydrogen-bond donors (Lipinski definition) is 0. The third-order valence-corrected chi connectivity index (χ3v) is 5.64. The number of ether oxygens (including phenoxy) is 3. The van der Waals surface area contributed by atoms with Gasteiger partial charge in [-0.3, -0.25) is 0 Å². The maximum Gasteiger partial charge on any atom is 0.126 e. The molecule has 0 amide bonds. The van der Waals surface area contributed by atoms with E-state index in [-0.39, 0.29) is 30.1 Å². The molecule has 0 saturated heterocycles. The fourth-order valence-electron chi connectivity index (χ4n) is 3.08. The van der Waals surface area contributed by atoms with Gasteiger partial charge in [0.2, 0.25) is 0 Å². The van der Waals surface area contributed by atoms with E-state index in [1.54, 1.807) is 0 Å². The summed E-state index contributed by atoms with van der Waals surface area (Å²) in [6.45, 7) is 11.6. The molecule has 0 radical (unpaired) electrons. The minimum absolute atomic E-state index is 0. The van der Waals surface area contributed by atoms with Crippen LogP contribution >= 0.6 is 0 Å². The Kier molecular flexibility index (Phi) is 11.6. The van der Waals surface area contributed by atoms with Crippen molar-refractivity contribution in [2.75, 3.05) is 33.4 Å². The van der Waals surface area contributed by atoms with E-state index in [0.29, 0.717) is 31.9 Å². The van der Waals surface area contributed by atoms with E-state index in [0.717, 1.165) is 22.5 Å². The van der Waals surface area contributed by atoms with E-state index >= 15 is 0 Å². The van der Waals surface area contributed by atoms with Gasteiger partial charge in [-0.15, -0.1) is 0 Å². The Bertz CT molecular complexity index is 613. The summed E-state index contributed by atoms with van der Waals surface area (Å²) in [6, 6.07) is 20.8. The Labute approximate surface area is 193 Å². The van der Waals surface area contributed by atoms with Crippen molar-refractivity contribution in [3.05, 3.63) is 60.7 Å². The molecule has 2 rings (SSSR count). The zero-order chi connectivity index (χ0) is 20.4. The van der Waals surface area contributed by atoms with Crippen molar-refractivity contribution < 1.29 is 42.7 Å². The van der Waals surface area contributed by atoms with Gasteiger partial charge < -0.3 is 42.7 Å². The lowest BCUT2D eigenvalue weighted by atomic mass is 10.1. The number of nitrogens with zero attached hydrogens (tertiary/aromatic N) is 1. The number of quaternary nitrogens is 1. The summed E-state index contributed by atoms with van der Waals surface area (Å²) < 4.78 is 19.0. The third kappa shape index (κ3) is 8.52. The lowest BCUT2D eigenvalue weighted by molar-refractivity contribution is -0.949. The Morgan fingerprint density at radius 1 is 0.724 bits per heavy atom. The van der Waals surface area contributed by atoms with Crippen molar-refractivity contribution in [1.29, 1.82) is 0 Å². The Balaban J connectivity index is 0.00000420. The molecule has 5 heteroatoms. The van der Waals surface area contributed by atoms with Crippen LogP contribution in [0.1, 0.15) is 27.7 Å². The topological polar surface area (TPSA) is 27.7 Å². The molecule has 0 aliphatic heterocycles. The third-order valence-electron chi connectivity index (χ3n) is 5.64. The highest BCUT2D eigenvalue weighted by atomic mass is 127. The molecule has 2 aromatic rings. The van der Waals surface area contributed by atoms with Crippen LogP contribution in [-0.2, 0) is 4.74 Å². The highest BCUT2D eigenvalue weighted by molar-refractivity contribution is 5.21. The van der Waals surface area contributed by atoms with Crippen LogP contribution in [0.3, 0.4) is 0 Å². The first kappa shape index (κ1) is 25.7. The van der Waals surface area contributed by atoms with Gasteiger partial charge in [0.25, 0.3) is 0 Å². The maximum atomic E-state index is 6.22. The van der Waals surface area contributed by atoms with Gasteiger partial charge in [0.15, 0.2) is 0 Å². The summed E-state index contributed by atoms with van der Waals surface area (Å²) >= 11 is 0. The molecular weight excluding hydrogens is 477 g/mol. The van der Waals surface area contributed by atoms with Crippen LogP contribution in [0.5, 0.6) is 11.5 Å². The van der Waals surface area contributed by atoms with Crippen molar-refractivity contribution in [2.24, 2.45) is 0 Å². The molecule has 0 bridgehead atoms. The zero-order valence-corrected chi connectivity index (χ0v) is 20.5. The average Bonchev–Trinajstić information content (AvgIpc) is 2.70. The monoisotopic (exact) mass is 513 g/mol. The number of benzene rings is 2. The number of para-hydroxylation sites is 2. The molecule has 0 atom stereocenters. The number of hydrogen-bond acceptors (Lipinski definition) is 3. The fraction of sp³-hybridized carbons (Fsp3) is 0.500. The van der Waals surface area contributed by atoms with Crippen molar-refractivity contribution in [3.8, 4) is 11.5 Å². The van der Waals surface area contributed by atoms with E-state index in [1.165, 1.54) is 0 Å². The first-order valence-electron chi connectivity index (χ1n) is 10.2. The molecule has 0 aliphatic carbocycles. The zero-order valence-electron chi connectivity index (χ0n) is 18.4. The summed E-state index contributed by atoms with van der Waals surface area (Å²) in [5.74, 6) is 1.70. The minimum atomic E-state index is -0.131. The van der Waals surface area contributed by atoms with Crippen molar-refractivity contribution >= 4 is 0 Å². The van der Waals surface area contributed by atoms with Gasteiger partial charge in [-0.2, -0.15) is 0 Å². The second kappa shape index (κ2) is 13.1. The standard InChI is InChI=1S/C24H36NO3.HI/c1-20(2)25(5,21(3)4)16-17-26-24(18-27-22-12-8-6-9-13-22)19-28-23-14-10-7-11-15-23;/h6-15,20-21,24H,16-19H2,1-5H3;1H/q+1;/p-1. The van der Waals surface area contributed by atoms with E-state index in [9.17, 15) is 0 Å². The fourth-order valence-corrected chi connectivity index (χ4v) is 3.08. The van der Waals surface area contributed by atoms with Crippen LogP contribution < -0.4 is 33.5 Å². The van der Waals surface area contributed by atoms with E-state index in [2.05, 4.69) is 34.7 Å². The van der Waals surface area contributed by atoms with Crippen LogP contribution in [-0.4, -0.2) is 56.1 Å². The molecule has 0 fully saturated rings. The second-order valence-electron chi connectivity index (χ2n) is 8.00.